The first-order chi connectivity index (χ1) is 11.7. The SMILES string of the molecule is CNC(=O)c1ccccc1C#CCNC(=O)c1ccccc1SC. The predicted molar refractivity (Wildman–Crippen MR) is 97.3 cm³/mol. The van der Waals surface area contributed by atoms with E-state index in [0.717, 1.165) is 4.90 Å². The van der Waals surface area contributed by atoms with Crippen molar-refractivity contribution in [1.82, 2.24) is 10.6 Å². The van der Waals surface area contributed by atoms with Crippen LogP contribution in [0.2, 0.25) is 0 Å². The minimum absolute atomic E-state index is 0.158. The van der Waals surface area contributed by atoms with Crippen molar-refractivity contribution in [2.24, 2.45) is 0 Å². The van der Waals surface area contributed by atoms with Gasteiger partial charge >= 0.3 is 0 Å². The summed E-state index contributed by atoms with van der Waals surface area (Å²) < 4.78 is 0. The molecule has 0 fully saturated rings. The second kappa shape index (κ2) is 8.80. The van der Waals surface area contributed by atoms with Crippen molar-refractivity contribution in [2.45, 2.75) is 4.90 Å². The number of carbonyl (C=O) groups is 2. The van der Waals surface area contributed by atoms with Crippen molar-refractivity contribution < 1.29 is 9.59 Å². The zero-order valence-corrected chi connectivity index (χ0v) is 14.4. The third kappa shape index (κ3) is 4.40. The smallest absolute Gasteiger partial charge is 0.253 e. The second-order valence-electron chi connectivity index (χ2n) is 4.81. The van der Waals surface area contributed by atoms with Crippen LogP contribution < -0.4 is 10.6 Å². The van der Waals surface area contributed by atoms with Gasteiger partial charge in [-0.25, -0.2) is 0 Å². The number of hydrogen-bond donors (Lipinski definition) is 2. The largest absolute Gasteiger partial charge is 0.355 e. The fourth-order valence-electron chi connectivity index (χ4n) is 2.12. The summed E-state index contributed by atoms with van der Waals surface area (Å²) in [7, 11) is 1.58. The summed E-state index contributed by atoms with van der Waals surface area (Å²) >= 11 is 1.53. The van der Waals surface area contributed by atoms with E-state index >= 15 is 0 Å². The third-order valence-corrected chi connectivity index (χ3v) is 4.11. The van der Waals surface area contributed by atoms with Gasteiger partial charge < -0.3 is 10.6 Å². The fraction of sp³-hybridized carbons (Fsp3) is 0.158. The first-order valence-electron chi connectivity index (χ1n) is 7.38. The highest BCUT2D eigenvalue weighted by Gasteiger charge is 2.09. The topological polar surface area (TPSA) is 58.2 Å². The lowest BCUT2D eigenvalue weighted by molar-refractivity contribution is 0.0950. The van der Waals surface area contributed by atoms with Crippen molar-refractivity contribution in [1.29, 1.82) is 0 Å². The molecule has 0 aliphatic heterocycles. The molecule has 122 valence electrons. The van der Waals surface area contributed by atoms with Crippen LogP contribution in [0.25, 0.3) is 0 Å². The summed E-state index contributed by atoms with van der Waals surface area (Å²) in [6.07, 6.45) is 1.93. The molecule has 0 spiro atoms. The van der Waals surface area contributed by atoms with Crippen molar-refractivity contribution in [3.8, 4) is 11.8 Å². The van der Waals surface area contributed by atoms with Crippen LogP contribution in [0.3, 0.4) is 0 Å². The van der Waals surface area contributed by atoms with E-state index in [1.54, 1.807) is 31.3 Å². The average Bonchev–Trinajstić information content (AvgIpc) is 2.64. The predicted octanol–water partition coefficient (Wildman–Crippen LogP) is 2.55. The number of thioether (sulfide) groups is 1. The zero-order valence-electron chi connectivity index (χ0n) is 13.6. The van der Waals surface area contributed by atoms with E-state index in [-0.39, 0.29) is 18.4 Å². The molecule has 2 rings (SSSR count). The van der Waals surface area contributed by atoms with Crippen LogP contribution in [-0.4, -0.2) is 31.7 Å². The van der Waals surface area contributed by atoms with E-state index in [2.05, 4.69) is 22.5 Å². The van der Waals surface area contributed by atoms with Crippen LogP contribution in [0.1, 0.15) is 26.3 Å². The minimum Gasteiger partial charge on any atom is -0.355 e. The summed E-state index contributed by atoms with van der Waals surface area (Å²) in [6, 6.07) is 14.5. The molecule has 0 radical (unpaired) electrons. The lowest BCUT2D eigenvalue weighted by atomic mass is 10.1. The summed E-state index contributed by atoms with van der Waals surface area (Å²) in [5, 5.41) is 5.37. The number of carbonyl (C=O) groups excluding carboxylic acids is 2. The van der Waals surface area contributed by atoms with Gasteiger partial charge in [-0.05, 0) is 30.5 Å². The van der Waals surface area contributed by atoms with Crippen molar-refractivity contribution >= 4 is 23.6 Å². The van der Waals surface area contributed by atoms with Crippen LogP contribution in [0.15, 0.2) is 53.4 Å². The molecule has 0 aliphatic carbocycles. The van der Waals surface area contributed by atoms with Gasteiger partial charge in [0.05, 0.1) is 17.7 Å². The normalized spacial score (nSPS) is 9.58. The standard InChI is InChI=1S/C19H18N2O2S/c1-20-18(22)15-10-4-3-8-14(15)9-7-13-21-19(23)16-11-5-6-12-17(16)24-2/h3-6,8,10-12H,13H2,1-2H3,(H,20,22)(H,21,23). The molecule has 2 aromatic carbocycles. The molecule has 0 aromatic heterocycles. The number of benzene rings is 2. The lowest BCUT2D eigenvalue weighted by Crippen LogP contribution is -2.24. The van der Waals surface area contributed by atoms with Gasteiger partial charge in [-0.1, -0.05) is 36.1 Å². The summed E-state index contributed by atoms with van der Waals surface area (Å²) in [4.78, 5) is 24.9. The van der Waals surface area contributed by atoms with Crippen LogP contribution in [0.5, 0.6) is 0 Å². The Kier molecular flexibility index (Phi) is 6.47. The molecule has 0 saturated heterocycles. The Morgan fingerprint density at radius 1 is 1.00 bits per heavy atom. The van der Waals surface area contributed by atoms with Gasteiger partial charge in [0.1, 0.15) is 0 Å². The number of hydrogen-bond acceptors (Lipinski definition) is 3. The van der Waals surface area contributed by atoms with Gasteiger partial charge in [-0.15, -0.1) is 11.8 Å². The van der Waals surface area contributed by atoms with Gasteiger partial charge in [-0.2, -0.15) is 0 Å². The van der Waals surface area contributed by atoms with Gasteiger partial charge in [0.2, 0.25) is 0 Å². The summed E-state index contributed by atoms with van der Waals surface area (Å²) in [5.74, 6) is 5.48. The monoisotopic (exact) mass is 338 g/mol. The highest BCUT2D eigenvalue weighted by Crippen LogP contribution is 2.19. The minimum atomic E-state index is -0.183. The number of rotatable bonds is 4. The van der Waals surface area contributed by atoms with Crippen LogP contribution in [0.4, 0.5) is 0 Å². The molecule has 2 aromatic rings. The molecular formula is C19H18N2O2S. The maximum Gasteiger partial charge on any atom is 0.253 e. The van der Waals surface area contributed by atoms with Crippen LogP contribution >= 0.6 is 11.8 Å². The molecule has 0 saturated carbocycles. The maximum atomic E-state index is 12.2. The Labute approximate surface area is 146 Å². The van der Waals surface area contributed by atoms with Crippen LogP contribution in [-0.2, 0) is 0 Å². The van der Waals surface area contributed by atoms with Gasteiger partial charge in [0.15, 0.2) is 0 Å². The molecule has 2 amide bonds. The van der Waals surface area contributed by atoms with Gasteiger partial charge in [-0.3, -0.25) is 9.59 Å². The fourth-order valence-corrected chi connectivity index (χ4v) is 2.71. The third-order valence-electron chi connectivity index (χ3n) is 3.31. The molecule has 24 heavy (non-hydrogen) atoms. The summed E-state index contributed by atoms with van der Waals surface area (Å²) in [6.45, 7) is 0.212. The lowest BCUT2D eigenvalue weighted by Gasteiger charge is -2.06. The molecule has 0 aliphatic rings. The first kappa shape index (κ1) is 17.6. The Morgan fingerprint density at radius 3 is 2.38 bits per heavy atom. The average molecular weight is 338 g/mol. The summed E-state index contributed by atoms with van der Waals surface area (Å²) in [5.41, 5.74) is 1.79. The van der Waals surface area contributed by atoms with Gasteiger partial charge in [0, 0.05) is 17.5 Å². The van der Waals surface area contributed by atoms with E-state index < -0.39 is 0 Å². The van der Waals surface area contributed by atoms with E-state index in [1.807, 2.05) is 30.5 Å². The molecule has 2 N–H and O–H groups in total. The highest BCUT2D eigenvalue weighted by atomic mass is 32.2. The van der Waals surface area contributed by atoms with E-state index in [9.17, 15) is 9.59 Å². The van der Waals surface area contributed by atoms with E-state index in [1.165, 1.54) is 11.8 Å². The van der Waals surface area contributed by atoms with Crippen LogP contribution in [0, 0.1) is 11.8 Å². The zero-order chi connectivity index (χ0) is 17.4. The highest BCUT2D eigenvalue weighted by molar-refractivity contribution is 7.98. The Balaban J connectivity index is 2.05. The molecule has 0 bridgehead atoms. The molecule has 0 heterocycles. The second-order valence-corrected chi connectivity index (χ2v) is 5.66. The van der Waals surface area contributed by atoms with Crippen molar-refractivity contribution in [3.05, 3.63) is 65.2 Å². The number of nitrogens with one attached hydrogen (secondary N) is 2. The Morgan fingerprint density at radius 2 is 1.67 bits per heavy atom. The quantitative estimate of drug-likeness (QED) is 0.665. The maximum absolute atomic E-state index is 12.2. The van der Waals surface area contributed by atoms with Gasteiger partial charge in [0.25, 0.3) is 11.8 Å². The molecule has 5 heteroatoms. The van der Waals surface area contributed by atoms with E-state index in [4.69, 9.17) is 0 Å². The Bertz CT molecular complexity index is 806. The van der Waals surface area contributed by atoms with Crippen molar-refractivity contribution in [3.63, 3.8) is 0 Å². The molecular weight excluding hydrogens is 320 g/mol. The molecule has 4 nitrogen and oxygen atoms in total. The Hall–Kier alpha value is -2.71. The first-order valence-corrected chi connectivity index (χ1v) is 8.61. The van der Waals surface area contributed by atoms with E-state index in [0.29, 0.717) is 16.7 Å². The number of amides is 2. The molecule has 0 unspecified atom stereocenters. The van der Waals surface area contributed by atoms with Crippen molar-refractivity contribution in [2.75, 3.05) is 19.8 Å². The molecule has 0 atom stereocenters.